The molecule has 2 N–H and O–H groups in total. The van der Waals surface area contributed by atoms with E-state index in [4.69, 9.17) is 19.5 Å². The highest BCUT2D eigenvalue weighted by Gasteiger charge is 2.18. The fourth-order valence-electron chi connectivity index (χ4n) is 0.519. The summed E-state index contributed by atoms with van der Waals surface area (Å²) in [6.07, 6.45) is 2.97. The Morgan fingerprint density at radius 1 is 1.15 bits per heavy atom. The van der Waals surface area contributed by atoms with Crippen LogP contribution in [0.25, 0.3) is 0 Å². The SMILES string of the molecule is C=CCOC(OCC=C)OB(O)O. The molecular weight excluding hydrogens is 175 g/mol. The second-order valence-corrected chi connectivity index (χ2v) is 2.00. The lowest BCUT2D eigenvalue weighted by molar-refractivity contribution is -0.248. The first kappa shape index (κ1) is 12.3. The van der Waals surface area contributed by atoms with Gasteiger partial charge in [0.15, 0.2) is 0 Å². The zero-order chi connectivity index (χ0) is 10.1. The van der Waals surface area contributed by atoms with Crippen LogP contribution in [0.2, 0.25) is 0 Å². The molecule has 0 rings (SSSR count). The standard InChI is InChI=1S/C7H13BO5/c1-3-5-11-7(12-6-4-2)13-8(9)10/h3-4,7,9-10H,1-2,5-6H2. The van der Waals surface area contributed by atoms with E-state index >= 15 is 0 Å². The number of ether oxygens (including phenoxy) is 2. The Morgan fingerprint density at radius 3 is 1.92 bits per heavy atom. The van der Waals surface area contributed by atoms with Crippen molar-refractivity contribution < 1.29 is 24.2 Å². The molecule has 0 spiro atoms. The van der Waals surface area contributed by atoms with Gasteiger partial charge in [0.25, 0.3) is 6.48 Å². The van der Waals surface area contributed by atoms with Gasteiger partial charge in [0, 0.05) is 0 Å². The maximum absolute atomic E-state index is 8.44. The Morgan fingerprint density at radius 2 is 1.62 bits per heavy atom. The summed E-state index contributed by atoms with van der Waals surface area (Å²) in [6, 6.07) is 0. The average Bonchev–Trinajstić information content (AvgIpc) is 2.09. The predicted octanol–water partition coefficient (Wildman–Crippen LogP) is -0.339. The molecule has 13 heavy (non-hydrogen) atoms. The summed E-state index contributed by atoms with van der Waals surface area (Å²) >= 11 is 0. The highest BCUT2D eigenvalue weighted by atomic mass is 16.9. The van der Waals surface area contributed by atoms with E-state index in [9.17, 15) is 0 Å². The van der Waals surface area contributed by atoms with E-state index in [1.165, 1.54) is 12.2 Å². The first-order chi connectivity index (χ1) is 6.20. The van der Waals surface area contributed by atoms with Crippen LogP contribution < -0.4 is 0 Å². The van der Waals surface area contributed by atoms with Crippen molar-refractivity contribution in [2.24, 2.45) is 0 Å². The molecule has 0 fully saturated rings. The number of hydrogen-bond acceptors (Lipinski definition) is 5. The monoisotopic (exact) mass is 188 g/mol. The minimum Gasteiger partial charge on any atom is -0.402 e. The highest BCUT2D eigenvalue weighted by Crippen LogP contribution is 1.98. The molecule has 74 valence electrons. The molecule has 0 aromatic carbocycles. The fraction of sp³-hybridized carbons (Fsp3) is 0.429. The van der Waals surface area contributed by atoms with Gasteiger partial charge in [0.2, 0.25) is 0 Å². The summed E-state index contributed by atoms with van der Waals surface area (Å²) in [5, 5.41) is 16.9. The van der Waals surface area contributed by atoms with Gasteiger partial charge in [-0.05, 0) is 0 Å². The Bertz CT molecular complexity index is 138. The van der Waals surface area contributed by atoms with Gasteiger partial charge in [-0.3, -0.25) is 0 Å². The van der Waals surface area contributed by atoms with Crippen molar-refractivity contribution in [3.05, 3.63) is 25.3 Å². The van der Waals surface area contributed by atoms with Gasteiger partial charge in [-0.2, -0.15) is 0 Å². The third-order valence-corrected chi connectivity index (χ3v) is 0.933. The van der Waals surface area contributed by atoms with E-state index in [2.05, 4.69) is 17.8 Å². The van der Waals surface area contributed by atoms with E-state index in [0.717, 1.165) is 0 Å². The van der Waals surface area contributed by atoms with Crippen LogP contribution in [-0.4, -0.2) is 37.1 Å². The van der Waals surface area contributed by atoms with Crippen molar-refractivity contribution in [2.75, 3.05) is 13.2 Å². The third kappa shape index (κ3) is 7.70. The molecule has 0 unspecified atom stereocenters. The molecule has 0 aliphatic rings. The average molecular weight is 188 g/mol. The molecule has 0 aliphatic carbocycles. The first-order valence-electron chi connectivity index (χ1n) is 3.67. The van der Waals surface area contributed by atoms with E-state index < -0.39 is 13.8 Å². The smallest absolute Gasteiger partial charge is 0.402 e. The molecule has 0 aromatic heterocycles. The van der Waals surface area contributed by atoms with Crippen LogP contribution in [0, 0.1) is 0 Å². The van der Waals surface area contributed by atoms with Crippen LogP contribution in [0.1, 0.15) is 0 Å². The number of hydrogen-bond donors (Lipinski definition) is 2. The molecule has 0 aliphatic heterocycles. The largest absolute Gasteiger partial charge is 0.637 e. The first-order valence-corrected chi connectivity index (χ1v) is 3.67. The second kappa shape index (κ2) is 7.97. The molecular formula is C7H13BO5. The van der Waals surface area contributed by atoms with Crippen molar-refractivity contribution in [1.29, 1.82) is 0 Å². The zero-order valence-corrected chi connectivity index (χ0v) is 7.26. The van der Waals surface area contributed by atoms with Gasteiger partial charge in [-0.15, -0.1) is 13.2 Å². The Balaban J connectivity index is 3.71. The maximum atomic E-state index is 8.44. The van der Waals surface area contributed by atoms with Crippen molar-refractivity contribution in [3.8, 4) is 0 Å². The summed E-state index contributed by atoms with van der Waals surface area (Å²) < 4.78 is 14.2. The van der Waals surface area contributed by atoms with Gasteiger partial charge in [0.1, 0.15) is 0 Å². The van der Waals surface area contributed by atoms with Crippen LogP contribution >= 0.6 is 0 Å². The Hall–Kier alpha value is -0.655. The minimum absolute atomic E-state index is 0.189. The normalized spacial score (nSPS) is 10.1. The molecule has 0 heterocycles. The molecule has 0 saturated heterocycles. The molecule has 0 bridgehead atoms. The Labute approximate surface area is 77.4 Å². The second-order valence-electron chi connectivity index (χ2n) is 2.00. The topological polar surface area (TPSA) is 68.2 Å². The number of rotatable bonds is 8. The fourth-order valence-corrected chi connectivity index (χ4v) is 0.519. The molecule has 6 heteroatoms. The highest BCUT2D eigenvalue weighted by molar-refractivity contribution is 6.32. The van der Waals surface area contributed by atoms with Gasteiger partial charge in [-0.1, -0.05) is 12.2 Å². The predicted molar refractivity (Wildman–Crippen MR) is 47.4 cm³/mol. The van der Waals surface area contributed by atoms with Crippen LogP contribution in [-0.2, 0) is 14.1 Å². The molecule has 0 saturated carbocycles. The van der Waals surface area contributed by atoms with Crippen molar-refractivity contribution in [1.82, 2.24) is 0 Å². The van der Waals surface area contributed by atoms with E-state index in [0.29, 0.717) is 0 Å². The molecule has 0 aromatic rings. The summed E-state index contributed by atoms with van der Waals surface area (Å²) in [5.41, 5.74) is 0. The molecule has 0 atom stereocenters. The summed E-state index contributed by atoms with van der Waals surface area (Å²) in [5.74, 6) is 0. The Kier molecular flexibility index (Phi) is 7.57. The van der Waals surface area contributed by atoms with Gasteiger partial charge >= 0.3 is 7.32 Å². The van der Waals surface area contributed by atoms with Gasteiger partial charge in [-0.25, -0.2) is 0 Å². The molecule has 5 nitrogen and oxygen atoms in total. The van der Waals surface area contributed by atoms with Crippen molar-refractivity contribution in [2.45, 2.75) is 6.48 Å². The van der Waals surface area contributed by atoms with Crippen LogP contribution in [0.5, 0.6) is 0 Å². The van der Waals surface area contributed by atoms with Crippen molar-refractivity contribution >= 4 is 7.32 Å². The van der Waals surface area contributed by atoms with E-state index in [1.807, 2.05) is 0 Å². The summed E-state index contributed by atoms with van der Waals surface area (Å²) in [6.45, 7) is 6.07. The molecule has 0 amide bonds. The summed E-state index contributed by atoms with van der Waals surface area (Å²) in [4.78, 5) is 0. The van der Waals surface area contributed by atoms with E-state index in [-0.39, 0.29) is 13.2 Å². The lowest BCUT2D eigenvalue weighted by Gasteiger charge is -2.16. The van der Waals surface area contributed by atoms with Crippen LogP contribution in [0.3, 0.4) is 0 Å². The van der Waals surface area contributed by atoms with Crippen LogP contribution in [0.15, 0.2) is 25.3 Å². The quantitative estimate of drug-likeness (QED) is 0.310. The third-order valence-electron chi connectivity index (χ3n) is 0.933. The molecule has 0 radical (unpaired) electrons. The van der Waals surface area contributed by atoms with Gasteiger partial charge in [0.05, 0.1) is 13.2 Å². The maximum Gasteiger partial charge on any atom is 0.637 e. The minimum atomic E-state index is -1.93. The van der Waals surface area contributed by atoms with Crippen molar-refractivity contribution in [3.63, 3.8) is 0 Å². The lowest BCUT2D eigenvalue weighted by atomic mass is 10.3. The van der Waals surface area contributed by atoms with E-state index in [1.54, 1.807) is 0 Å². The van der Waals surface area contributed by atoms with Gasteiger partial charge < -0.3 is 24.2 Å². The lowest BCUT2D eigenvalue weighted by Crippen LogP contribution is -2.30. The van der Waals surface area contributed by atoms with Crippen LogP contribution in [0.4, 0.5) is 0 Å². The zero-order valence-electron chi connectivity index (χ0n) is 7.26. The summed E-state index contributed by atoms with van der Waals surface area (Å²) in [7, 11) is -1.93.